The zero-order chi connectivity index (χ0) is 19.7. The Bertz CT molecular complexity index is 792. The molecule has 2 fully saturated rings. The second kappa shape index (κ2) is 7.91. The molecule has 2 bridgehead atoms. The number of carbonyl (C=O) groups excluding carboxylic acids is 2. The molecule has 0 spiro atoms. The molecular weight excluding hydrogens is 378 g/mol. The number of likely N-dealkylation sites (tertiary alicyclic amines) is 1. The molecule has 148 valence electrons. The highest BCUT2D eigenvalue weighted by molar-refractivity contribution is 6.29. The fourth-order valence-corrected chi connectivity index (χ4v) is 4.59. The van der Waals surface area contributed by atoms with Crippen LogP contribution in [0.15, 0.2) is 35.5 Å². The Morgan fingerprint density at radius 2 is 1.93 bits per heavy atom. The molecule has 0 aromatic carbocycles. The van der Waals surface area contributed by atoms with Gasteiger partial charge in [0.2, 0.25) is 11.8 Å². The van der Waals surface area contributed by atoms with Crippen molar-refractivity contribution in [2.24, 2.45) is 28.7 Å². The Labute approximate surface area is 169 Å². The fourth-order valence-electron chi connectivity index (χ4n) is 4.48. The van der Waals surface area contributed by atoms with Gasteiger partial charge in [-0.05, 0) is 36.8 Å². The van der Waals surface area contributed by atoms with Crippen molar-refractivity contribution in [3.05, 3.63) is 41.2 Å². The van der Waals surface area contributed by atoms with Gasteiger partial charge < -0.3 is 10.6 Å². The summed E-state index contributed by atoms with van der Waals surface area (Å²) in [4.78, 5) is 35.4. The first kappa shape index (κ1) is 18.9. The van der Waals surface area contributed by atoms with Gasteiger partial charge in [0.25, 0.3) is 0 Å². The Morgan fingerprint density at radius 1 is 1.21 bits per heavy atom. The van der Waals surface area contributed by atoms with Crippen molar-refractivity contribution in [2.75, 3.05) is 19.6 Å². The molecule has 1 aliphatic heterocycles. The van der Waals surface area contributed by atoms with Crippen molar-refractivity contribution < 1.29 is 9.59 Å². The second-order valence-electron chi connectivity index (χ2n) is 7.44. The molecule has 1 aromatic heterocycles. The van der Waals surface area contributed by atoms with E-state index >= 15 is 0 Å². The summed E-state index contributed by atoms with van der Waals surface area (Å²) in [6.07, 6.45) is 6.87. The van der Waals surface area contributed by atoms with Gasteiger partial charge in [-0.25, -0.2) is 9.98 Å². The molecule has 2 amide bonds. The van der Waals surface area contributed by atoms with E-state index in [2.05, 4.69) is 32.8 Å². The van der Waals surface area contributed by atoms with Crippen LogP contribution in [0.2, 0.25) is 5.15 Å². The number of nitrogens with zero attached hydrogens (tertiary/aromatic N) is 3. The first-order chi connectivity index (χ1) is 13.6. The number of hydrogen-bond acceptors (Lipinski definition) is 4. The van der Waals surface area contributed by atoms with Crippen molar-refractivity contribution in [1.82, 2.24) is 20.5 Å². The quantitative estimate of drug-likeness (QED) is 0.248. The van der Waals surface area contributed by atoms with Crippen LogP contribution in [0.4, 0.5) is 0 Å². The summed E-state index contributed by atoms with van der Waals surface area (Å²) in [5.74, 6) is 0.834. The zero-order valence-corrected chi connectivity index (χ0v) is 16.5. The van der Waals surface area contributed by atoms with E-state index in [0.29, 0.717) is 37.3 Å². The van der Waals surface area contributed by atoms with E-state index in [-0.39, 0.29) is 35.5 Å². The molecule has 4 unspecified atom stereocenters. The van der Waals surface area contributed by atoms with Crippen LogP contribution in [0.3, 0.4) is 0 Å². The number of nitrogens with one attached hydrogen (secondary N) is 2. The van der Waals surface area contributed by atoms with E-state index in [1.807, 2.05) is 13.0 Å². The van der Waals surface area contributed by atoms with E-state index in [9.17, 15) is 9.59 Å². The molecular formula is C20H24ClN5O2. The number of pyridine rings is 1. The zero-order valence-electron chi connectivity index (χ0n) is 15.8. The third-order valence-electron chi connectivity index (χ3n) is 5.74. The average molecular weight is 402 g/mol. The number of hydrogen-bond donors (Lipinski definition) is 2. The first-order valence-electron chi connectivity index (χ1n) is 9.74. The average Bonchev–Trinajstić information content (AvgIpc) is 3.37. The van der Waals surface area contributed by atoms with Gasteiger partial charge in [-0.15, -0.1) is 0 Å². The van der Waals surface area contributed by atoms with Crippen LogP contribution in [0, 0.1) is 23.7 Å². The molecule has 2 N–H and O–H groups in total. The van der Waals surface area contributed by atoms with Gasteiger partial charge in [-0.1, -0.05) is 29.8 Å². The largest absolute Gasteiger partial charge is 0.357 e. The third kappa shape index (κ3) is 3.51. The van der Waals surface area contributed by atoms with Crippen molar-refractivity contribution in [3.63, 3.8) is 0 Å². The van der Waals surface area contributed by atoms with Crippen molar-refractivity contribution in [1.29, 1.82) is 0 Å². The summed E-state index contributed by atoms with van der Waals surface area (Å²) in [5.41, 5.74) is 0.947. The van der Waals surface area contributed by atoms with Gasteiger partial charge in [0, 0.05) is 25.8 Å². The third-order valence-corrected chi connectivity index (χ3v) is 5.97. The summed E-state index contributed by atoms with van der Waals surface area (Å²) in [7, 11) is 0. The highest BCUT2D eigenvalue weighted by atomic mass is 35.5. The lowest BCUT2D eigenvalue weighted by Gasteiger charge is -2.18. The van der Waals surface area contributed by atoms with Gasteiger partial charge in [0.05, 0.1) is 18.4 Å². The van der Waals surface area contributed by atoms with E-state index in [1.165, 1.54) is 4.90 Å². The van der Waals surface area contributed by atoms with Crippen LogP contribution >= 0.6 is 11.6 Å². The van der Waals surface area contributed by atoms with Crippen LogP contribution in [0.25, 0.3) is 0 Å². The molecule has 1 saturated heterocycles. The monoisotopic (exact) mass is 401 g/mol. The molecule has 3 aliphatic rings. The normalized spacial score (nSPS) is 28.2. The molecule has 7 nitrogen and oxygen atoms in total. The first-order valence-corrected chi connectivity index (χ1v) is 10.1. The minimum atomic E-state index is -0.137. The lowest BCUT2D eigenvalue weighted by atomic mass is 9.85. The van der Waals surface area contributed by atoms with Crippen LogP contribution in [-0.2, 0) is 16.1 Å². The minimum absolute atomic E-state index is 0.0113. The number of amides is 2. The van der Waals surface area contributed by atoms with Gasteiger partial charge in [-0.2, -0.15) is 0 Å². The smallest absolute Gasteiger partial charge is 0.233 e. The number of aliphatic imine (C=N–C) groups is 1. The van der Waals surface area contributed by atoms with E-state index in [0.717, 1.165) is 12.0 Å². The summed E-state index contributed by atoms with van der Waals surface area (Å²) in [5, 5.41) is 6.82. The Kier molecular flexibility index (Phi) is 5.35. The summed E-state index contributed by atoms with van der Waals surface area (Å²) < 4.78 is 0. The Morgan fingerprint density at radius 3 is 2.54 bits per heavy atom. The number of carbonyl (C=O) groups is 2. The highest BCUT2D eigenvalue weighted by Crippen LogP contribution is 2.52. The number of halogens is 1. The topological polar surface area (TPSA) is 86.7 Å². The van der Waals surface area contributed by atoms with Gasteiger partial charge in [0.15, 0.2) is 5.96 Å². The fraction of sp³-hybridized carbons (Fsp3) is 0.500. The summed E-state index contributed by atoms with van der Waals surface area (Å²) in [6.45, 7) is 3.98. The van der Waals surface area contributed by atoms with Crippen molar-refractivity contribution in [3.8, 4) is 0 Å². The Balaban J connectivity index is 1.32. The van der Waals surface area contributed by atoms with Crippen LogP contribution in [0.1, 0.15) is 18.9 Å². The van der Waals surface area contributed by atoms with E-state index in [4.69, 9.17) is 11.6 Å². The maximum absolute atomic E-state index is 12.7. The molecule has 1 aromatic rings. The molecule has 1 saturated carbocycles. The number of guanidine groups is 1. The van der Waals surface area contributed by atoms with Crippen LogP contribution in [0.5, 0.6) is 0 Å². The van der Waals surface area contributed by atoms with Gasteiger partial charge >= 0.3 is 0 Å². The molecule has 28 heavy (non-hydrogen) atoms. The minimum Gasteiger partial charge on any atom is -0.357 e. The predicted molar refractivity (Wildman–Crippen MR) is 107 cm³/mol. The SMILES string of the molecule is CCNC(=NCc1ccc(Cl)nc1)NCCN1C(=O)C2C3C=CC(C3)C2C1=O. The maximum Gasteiger partial charge on any atom is 0.233 e. The molecule has 8 heteroatoms. The van der Waals surface area contributed by atoms with Gasteiger partial charge in [-0.3, -0.25) is 14.5 Å². The number of imide groups is 1. The van der Waals surface area contributed by atoms with Crippen LogP contribution < -0.4 is 10.6 Å². The molecule has 2 heterocycles. The summed E-state index contributed by atoms with van der Waals surface area (Å²) >= 11 is 5.80. The van der Waals surface area contributed by atoms with E-state index < -0.39 is 0 Å². The standard InChI is InChI=1S/C20H24ClN5O2/c1-2-22-20(25-11-12-3-6-15(21)24-10-12)23-7-8-26-18(27)16-13-4-5-14(9-13)17(16)19(26)28/h3-6,10,13-14,16-17H,2,7-9,11H2,1H3,(H2,22,23,25). The lowest BCUT2D eigenvalue weighted by Crippen LogP contribution is -2.43. The number of rotatable bonds is 6. The van der Waals surface area contributed by atoms with Crippen LogP contribution in [-0.4, -0.2) is 47.3 Å². The number of aromatic nitrogens is 1. The molecule has 2 aliphatic carbocycles. The van der Waals surface area contributed by atoms with Gasteiger partial charge in [0.1, 0.15) is 5.15 Å². The number of allylic oxidation sites excluding steroid dienone is 2. The molecule has 4 atom stereocenters. The number of fused-ring (bicyclic) bond motifs is 5. The molecule has 0 radical (unpaired) electrons. The Hall–Kier alpha value is -2.41. The maximum atomic E-state index is 12.7. The highest BCUT2D eigenvalue weighted by Gasteiger charge is 2.58. The second-order valence-corrected chi connectivity index (χ2v) is 7.83. The van der Waals surface area contributed by atoms with E-state index in [1.54, 1.807) is 12.3 Å². The van der Waals surface area contributed by atoms with Crippen molar-refractivity contribution >= 4 is 29.4 Å². The predicted octanol–water partition coefficient (Wildman–Crippen LogP) is 1.60. The van der Waals surface area contributed by atoms with Crippen molar-refractivity contribution in [2.45, 2.75) is 19.9 Å². The molecule has 4 rings (SSSR count). The summed E-state index contributed by atoms with van der Waals surface area (Å²) in [6, 6.07) is 3.61. The lowest BCUT2D eigenvalue weighted by molar-refractivity contribution is -0.140.